The molecule has 7 heteroatoms. The topological polar surface area (TPSA) is 100.0 Å². The van der Waals surface area contributed by atoms with Gasteiger partial charge in [-0.1, -0.05) is 48.5 Å². The molecule has 1 amide bonds. The first-order valence-electron chi connectivity index (χ1n) is 12.2. The molecule has 1 unspecified atom stereocenters. The highest BCUT2D eigenvalue weighted by atomic mass is 16.5. The normalized spacial score (nSPS) is 16.6. The largest absolute Gasteiger partial charge is 0.508 e. The van der Waals surface area contributed by atoms with Gasteiger partial charge in [0.2, 0.25) is 0 Å². The van der Waals surface area contributed by atoms with E-state index in [1.165, 1.54) is 17.0 Å². The molecule has 0 aliphatic carbocycles. The van der Waals surface area contributed by atoms with E-state index < -0.39 is 17.7 Å². The summed E-state index contributed by atoms with van der Waals surface area (Å²) in [6, 6.07) is 24.0. The zero-order valence-electron chi connectivity index (χ0n) is 20.7. The van der Waals surface area contributed by atoms with Gasteiger partial charge >= 0.3 is 0 Å². The van der Waals surface area contributed by atoms with Gasteiger partial charge in [0.1, 0.15) is 23.9 Å². The zero-order valence-corrected chi connectivity index (χ0v) is 20.7. The van der Waals surface area contributed by atoms with Crippen molar-refractivity contribution in [3.63, 3.8) is 0 Å². The van der Waals surface area contributed by atoms with Gasteiger partial charge in [-0.3, -0.25) is 14.6 Å². The Morgan fingerprint density at radius 1 is 0.947 bits per heavy atom. The van der Waals surface area contributed by atoms with E-state index in [4.69, 9.17) is 4.74 Å². The predicted molar refractivity (Wildman–Crippen MR) is 142 cm³/mol. The molecule has 3 aromatic carbocycles. The highest BCUT2D eigenvalue weighted by Gasteiger charge is 2.46. The highest BCUT2D eigenvalue weighted by molar-refractivity contribution is 6.46. The molecular weight excluding hydrogens is 480 g/mol. The van der Waals surface area contributed by atoms with E-state index in [-0.39, 0.29) is 23.6 Å². The van der Waals surface area contributed by atoms with Crippen molar-refractivity contribution >= 4 is 17.4 Å². The lowest BCUT2D eigenvalue weighted by molar-refractivity contribution is -0.140. The number of ether oxygens (including phenoxy) is 1. The first-order valence-corrected chi connectivity index (χ1v) is 12.2. The third-order valence-corrected chi connectivity index (χ3v) is 6.53. The number of carbonyl (C=O) groups excluding carboxylic acids is 2. The number of Topliss-reactive ketones (excluding diaryl/α,β-unsaturated/α-hetero) is 1. The number of nitrogens with zero attached hydrogens (tertiary/aromatic N) is 2. The van der Waals surface area contributed by atoms with Crippen LogP contribution in [0, 0.1) is 6.92 Å². The molecule has 1 saturated heterocycles. The van der Waals surface area contributed by atoms with E-state index in [0.29, 0.717) is 29.0 Å². The van der Waals surface area contributed by atoms with Crippen molar-refractivity contribution < 1.29 is 24.5 Å². The lowest BCUT2D eigenvalue weighted by atomic mass is 9.93. The molecule has 1 fully saturated rings. The van der Waals surface area contributed by atoms with Crippen LogP contribution < -0.4 is 4.74 Å². The monoisotopic (exact) mass is 506 g/mol. The summed E-state index contributed by atoms with van der Waals surface area (Å²) in [5, 5.41) is 21.2. The molecule has 1 aliphatic rings. The number of carbonyl (C=O) groups is 2. The Kier molecular flexibility index (Phi) is 6.91. The highest BCUT2D eigenvalue weighted by Crippen LogP contribution is 2.41. The van der Waals surface area contributed by atoms with Gasteiger partial charge in [-0.25, -0.2) is 0 Å². The smallest absolute Gasteiger partial charge is 0.295 e. The van der Waals surface area contributed by atoms with Gasteiger partial charge in [0.15, 0.2) is 0 Å². The average molecular weight is 507 g/mol. The molecule has 0 saturated carbocycles. The zero-order chi connectivity index (χ0) is 26.6. The van der Waals surface area contributed by atoms with E-state index in [1.54, 1.807) is 48.8 Å². The quantitative estimate of drug-likeness (QED) is 0.201. The Labute approximate surface area is 220 Å². The Morgan fingerprint density at radius 3 is 2.37 bits per heavy atom. The number of likely N-dealkylation sites (tertiary alicyclic amines) is 1. The third kappa shape index (κ3) is 4.99. The van der Waals surface area contributed by atoms with E-state index in [9.17, 15) is 19.8 Å². The number of aliphatic hydroxyl groups is 1. The van der Waals surface area contributed by atoms with Crippen LogP contribution >= 0.6 is 0 Å². The number of amides is 1. The number of pyridine rings is 1. The van der Waals surface area contributed by atoms with Gasteiger partial charge in [0.25, 0.3) is 11.7 Å². The second-order valence-electron chi connectivity index (χ2n) is 9.13. The second kappa shape index (κ2) is 10.6. The maximum absolute atomic E-state index is 13.3. The summed E-state index contributed by atoms with van der Waals surface area (Å²) in [5.41, 5.74) is 3.48. The molecule has 5 rings (SSSR count). The Hall–Kier alpha value is -4.91. The molecule has 38 heavy (non-hydrogen) atoms. The third-order valence-electron chi connectivity index (χ3n) is 6.53. The molecule has 190 valence electrons. The molecule has 7 nitrogen and oxygen atoms in total. The van der Waals surface area contributed by atoms with Crippen molar-refractivity contribution in [3.8, 4) is 11.5 Å². The molecule has 1 atom stereocenters. The molecule has 1 aliphatic heterocycles. The van der Waals surface area contributed by atoms with Crippen molar-refractivity contribution in [2.24, 2.45) is 0 Å². The fourth-order valence-electron chi connectivity index (χ4n) is 4.61. The summed E-state index contributed by atoms with van der Waals surface area (Å²) >= 11 is 0. The standard InChI is InChI=1S/C31H26N2O5/c1-20-16-25(38-19-21-6-3-2-4-7-21)13-14-26(20)29(35)27-28(23-9-11-24(34)12-10-23)33(31(37)30(27)36)18-22-8-5-15-32-17-22/h2-17,28,34-35H,18-19H2,1H3. The number of benzene rings is 3. The van der Waals surface area contributed by atoms with Crippen LogP contribution in [0.25, 0.3) is 5.76 Å². The minimum absolute atomic E-state index is 0.00867. The van der Waals surface area contributed by atoms with E-state index in [0.717, 1.165) is 11.1 Å². The number of aryl methyl sites for hydroxylation is 1. The molecule has 0 radical (unpaired) electrons. The maximum atomic E-state index is 13.3. The van der Waals surface area contributed by atoms with Crippen LogP contribution in [0.1, 0.15) is 33.9 Å². The fraction of sp³-hybridized carbons (Fsp3) is 0.129. The van der Waals surface area contributed by atoms with Gasteiger partial charge < -0.3 is 19.8 Å². The van der Waals surface area contributed by atoms with E-state index in [2.05, 4.69) is 4.98 Å². The molecular formula is C31H26N2O5. The van der Waals surface area contributed by atoms with E-state index in [1.807, 2.05) is 43.3 Å². The summed E-state index contributed by atoms with van der Waals surface area (Å²) in [6.45, 7) is 2.34. The average Bonchev–Trinajstić information content (AvgIpc) is 3.18. The molecule has 0 bridgehead atoms. The predicted octanol–water partition coefficient (Wildman–Crippen LogP) is 5.30. The maximum Gasteiger partial charge on any atom is 0.295 e. The summed E-state index contributed by atoms with van der Waals surface area (Å²) in [7, 11) is 0. The number of hydrogen-bond donors (Lipinski definition) is 2. The van der Waals surface area contributed by atoms with Crippen molar-refractivity contribution in [1.29, 1.82) is 0 Å². The molecule has 0 spiro atoms. The number of phenols is 1. The summed E-state index contributed by atoms with van der Waals surface area (Å²) < 4.78 is 5.90. The van der Waals surface area contributed by atoms with Gasteiger partial charge in [0, 0.05) is 24.5 Å². The Bertz CT molecular complexity index is 1500. The van der Waals surface area contributed by atoms with Crippen LogP contribution in [0.5, 0.6) is 11.5 Å². The molecule has 4 aromatic rings. The van der Waals surface area contributed by atoms with Crippen LogP contribution in [0.15, 0.2) is 103 Å². The Balaban J connectivity index is 1.52. The van der Waals surface area contributed by atoms with Gasteiger partial charge in [-0.2, -0.15) is 0 Å². The summed E-state index contributed by atoms with van der Waals surface area (Å²) in [6.07, 6.45) is 3.26. The number of hydrogen-bond acceptors (Lipinski definition) is 6. The molecule has 2 heterocycles. The summed E-state index contributed by atoms with van der Waals surface area (Å²) in [5.74, 6) is -1.07. The second-order valence-corrected chi connectivity index (χ2v) is 9.13. The minimum atomic E-state index is -0.843. The molecule has 1 aromatic heterocycles. The Morgan fingerprint density at radius 2 is 1.68 bits per heavy atom. The van der Waals surface area contributed by atoms with Crippen LogP contribution in [0.4, 0.5) is 0 Å². The number of aromatic nitrogens is 1. The minimum Gasteiger partial charge on any atom is -0.508 e. The SMILES string of the molecule is Cc1cc(OCc2ccccc2)ccc1C(O)=C1C(=O)C(=O)N(Cc2cccnc2)C1c1ccc(O)cc1. The first-order chi connectivity index (χ1) is 18.4. The van der Waals surface area contributed by atoms with Crippen LogP contribution in [0.2, 0.25) is 0 Å². The number of aliphatic hydroxyl groups excluding tert-OH is 1. The van der Waals surface area contributed by atoms with Crippen molar-refractivity contribution in [2.45, 2.75) is 26.1 Å². The van der Waals surface area contributed by atoms with Crippen LogP contribution in [0.3, 0.4) is 0 Å². The van der Waals surface area contributed by atoms with Gasteiger partial charge in [-0.15, -0.1) is 0 Å². The van der Waals surface area contributed by atoms with Crippen LogP contribution in [-0.2, 0) is 22.7 Å². The van der Waals surface area contributed by atoms with Gasteiger partial charge in [-0.05, 0) is 65.6 Å². The van der Waals surface area contributed by atoms with Crippen molar-refractivity contribution in [3.05, 3.63) is 131 Å². The lowest BCUT2D eigenvalue weighted by Crippen LogP contribution is -2.29. The first kappa shape index (κ1) is 24.8. The van der Waals surface area contributed by atoms with Crippen molar-refractivity contribution in [1.82, 2.24) is 9.88 Å². The van der Waals surface area contributed by atoms with Crippen LogP contribution in [-0.4, -0.2) is 31.8 Å². The number of rotatable bonds is 7. The lowest BCUT2D eigenvalue weighted by Gasteiger charge is -2.25. The summed E-state index contributed by atoms with van der Waals surface area (Å²) in [4.78, 5) is 32.0. The van der Waals surface area contributed by atoms with Crippen molar-refractivity contribution in [2.75, 3.05) is 0 Å². The molecule has 2 N–H and O–H groups in total. The number of phenolic OH excluding ortho intramolecular Hbond substituents is 1. The number of aromatic hydroxyl groups is 1. The number of ketones is 1. The fourth-order valence-corrected chi connectivity index (χ4v) is 4.61. The van der Waals surface area contributed by atoms with Gasteiger partial charge in [0.05, 0.1) is 11.6 Å². The van der Waals surface area contributed by atoms with E-state index >= 15 is 0 Å².